The van der Waals surface area contributed by atoms with E-state index in [2.05, 4.69) is 0 Å². The highest BCUT2D eigenvalue weighted by atomic mass is 32.1. The third-order valence-corrected chi connectivity index (χ3v) is 4.26. The molecule has 21 heavy (non-hydrogen) atoms. The lowest BCUT2D eigenvalue weighted by atomic mass is 10.0. The second-order valence-electron chi connectivity index (χ2n) is 4.67. The Morgan fingerprint density at radius 2 is 1.81 bits per heavy atom. The molecule has 0 saturated carbocycles. The highest BCUT2D eigenvalue weighted by Crippen LogP contribution is 2.26. The molecule has 0 atom stereocenters. The molecule has 0 N–H and O–H groups in total. The molecule has 2 aromatic carbocycles. The Hall–Kier alpha value is -2.53. The number of Topliss-reactive ketones (excluding diaryl/α,β-unsaturated/α-hetero) is 1. The van der Waals surface area contributed by atoms with Crippen molar-refractivity contribution >= 4 is 32.9 Å². The minimum Gasteiger partial charge on any atom is -0.294 e. The molecule has 4 nitrogen and oxygen atoms in total. The van der Waals surface area contributed by atoms with Crippen LogP contribution in [-0.2, 0) is 6.42 Å². The maximum absolute atomic E-state index is 12.4. The summed E-state index contributed by atoms with van der Waals surface area (Å²) in [5.41, 5.74) is 1.53. The number of fused-ring (bicyclic) bond motifs is 1. The van der Waals surface area contributed by atoms with E-state index in [1.165, 1.54) is 12.1 Å². The predicted octanol–water partition coefficient (Wildman–Crippen LogP) is 4.23. The van der Waals surface area contributed by atoms with Crippen molar-refractivity contribution in [2.45, 2.75) is 6.42 Å². The van der Waals surface area contributed by atoms with Gasteiger partial charge in [0.05, 0.1) is 4.92 Å². The summed E-state index contributed by atoms with van der Waals surface area (Å²) in [6.07, 6.45) is 0.249. The Labute approximate surface area is 124 Å². The minimum absolute atomic E-state index is 0.0290. The van der Waals surface area contributed by atoms with Crippen LogP contribution in [0.2, 0.25) is 0 Å². The third-order valence-electron chi connectivity index (χ3n) is 3.29. The van der Waals surface area contributed by atoms with Crippen molar-refractivity contribution in [2.75, 3.05) is 0 Å². The Morgan fingerprint density at radius 3 is 2.52 bits per heavy atom. The molecule has 0 aliphatic rings. The van der Waals surface area contributed by atoms with E-state index < -0.39 is 4.92 Å². The normalized spacial score (nSPS) is 10.7. The van der Waals surface area contributed by atoms with Crippen LogP contribution < -0.4 is 0 Å². The van der Waals surface area contributed by atoms with E-state index in [4.69, 9.17) is 0 Å². The summed E-state index contributed by atoms with van der Waals surface area (Å²) in [4.78, 5) is 22.5. The molecule has 1 heterocycles. The molecule has 0 bridgehead atoms. The van der Waals surface area contributed by atoms with Crippen LogP contribution in [0.5, 0.6) is 0 Å². The predicted molar refractivity (Wildman–Crippen MR) is 83.0 cm³/mol. The Bertz CT molecular complexity index is 821. The first-order valence-corrected chi connectivity index (χ1v) is 7.26. The van der Waals surface area contributed by atoms with Crippen LogP contribution in [0.4, 0.5) is 5.69 Å². The summed E-state index contributed by atoms with van der Waals surface area (Å²) < 4.78 is 1.09. The van der Waals surface area contributed by atoms with E-state index in [-0.39, 0.29) is 17.9 Å². The number of thiophene rings is 1. The standard InChI is InChI=1S/C16H11NO3S/c18-15(9-11-5-7-12(8-6-11)17(19)20)14-10-21-16-4-2-1-3-13(14)16/h1-8,10H,9H2. The number of nitro benzene ring substituents is 1. The lowest BCUT2D eigenvalue weighted by Gasteiger charge is -2.01. The van der Waals surface area contributed by atoms with Crippen molar-refractivity contribution in [1.82, 2.24) is 0 Å². The van der Waals surface area contributed by atoms with Crippen molar-refractivity contribution in [3.05, 3.63) is 75.2 Å². The molecule has 0 unspecified atom stereocenters. The smallest absolute Gasteiger partial charge is 0.269 e. The van der Waals surface area contributed by atoms with Gasteiger partial charge in [0, 0.05) is 39.6 Å². The first-order chi connectivity index (χ1) is 10.1. The Balaban J connectivity index is 1.84. The van der Waals surface area contributed by atoms with Crippen LogP contribution in [0.15, 0.2) is 53.9 Å². The van der Waals surface area contributed by atoms with Crippen molar-refractivity contribution in [3.63, 3.8) is 0 Å². The lowest BCUT2D eigenvalue weighted by molar-refractivity contribution is -0.384. The van der Waals surface area contributed by atoms with Gasteiger partial charge in [-0.3, -0.25) is 14.9 Å². The Kier molecular flexibility index (Phi) is 3.50. The molecule has 0 radical (unpaired) electrons. The fraction of sp³-hybridized carbons (Fsp3) is 0.0625. The number of nitrogens with zero attached hydrogens (tertiary/aromatic N) is 1. The molecule has 0 aliphatic heterocycles. The largest absolute Gasteiger partial charge is 0.294 e. The van der Waals surface area contributed by atoms with Crippen LogP contribution in [0.25, 0.3) is 10.1 Å². The van der Waals surface area contributed by atoms with Crippen LogP contribution in [-0.4, -0.2) is 10.7 Å². The van der Waals surface area contributed by atoms with Gasteiger partial charge in [-0.25, -0.2) is 0 Å². The van der Waals surface area contributed by atoms with Crippen molar-refractivity contribution in [2.24, 2.45) is 0 Å². The summed E-state index contributed by atoms with van der Waals surface area (Å²) in [6, 6.07) is 13.9. The molecule has 0 amide bonds. The van der Waals surface area contributed by atoms with Gasteiger partial charge in [-0.05, 0) is 11.6 Å². The number of hydrogen-bond acceptors (Lipinski definition) is 4. The van der Waals surface area contributed by atoms with Gasteiger partial charge < -0.3 is 0 Å². The van der Waals surface area contributed by atoms with Gasteiger partial charge in [-0.2, -0.15) is 0 Å². The molecule has 1 aromatic heterocycles. The van der Waals surface area contributed by atoms with Crippen LogP contribution >= 0.6 is 11.3 Å². The molecule has 104 valence electrons. The second-order valence-corrected chi connectivity index (χ2v) is 5.58. The average Bonchev–Trinajstić information content (AvgIpc) is 2.92. The summed E-state index contributed by atoms with van der Waals surface area (Å²) in [5, 5.41) is 13.4. The zero-order valence-electron chi connectivity index (χ0n) is 11.0. The van der Waals surface area contributed by atoms with Crippen molar-refractivity contribution in [1.29, 1.82) is 0 Å². The Morgan fingerprint density at radius 1 is 1.10 bits per heavy atom. The van der Waals surface area contributed by atoms with Crippen LogP contribution in [0, 0.1) is 10.1 Å². The highest BCUT2D eigenvalue weighted by Gasteiger charge is 2.13. The number of rotatable bonds is 4. The van der Waals surface area contributed by atoms with E-state index in [1.807, 2.05) is 29.6 Å². The van der Waals surface area contributed by atoms with Crippen molar-refractivity contribution in [3.8, 4) is 0 Å². The average molecular weight is 297 g/mol. The molecule has 0 saturated heterocycles. The maximum atomic E-state index is 12.4. The fourth-order valence-electron chi connectivity index (χ4n) is 2.21. The van der Waals surface area contributed by atoms with Crippen molar-refractivity contribution < 1.29 is 9.72 Å². The molecular weight excluding hydrogens is 286 g/mol. The monoisotopic (exact) mass is 297 g/mol. The minimum atomic E-state index is -0.446. The number of carbonyl (C=O) groups is 1. The first kappa shape index (κ1) is 13.5. The molecule has 0 fully saturated rings. The molecular formula is C16H11NO3S. The van der Waals surface area contributed by atoms with E-state index >= 15 is 0 Å². The van der Waals surface area contributed by atoms with Crippen LogP contribution in [0.1, 0.15) is 15.9 Å². The number of benzene rings is 2. The summed E-state index contributed by atoms with van der Waals surface area (Å²) in [5.74, 6) is 0.0290. The maximum Gasteiger partial charge on any atom is 0.269 e. The summed E-state index contributed by atoms with van der Waals surface area (Å²) in [7, 11) is 0. The highest BCUT2D eigenvalue weighted by molar-refractivity contribution is 7.17. The quantitative estimate of drug-likeness (QED) is 0.411. The van der Waals surface area contributed by atoms with Crippen LogP contribution in [0.3, 0.4) is 0 Å². The number of carbonyl (C=O) groups excluding carboxylic acids is 1. The van der Waals surface area contributed by atoms with Gasteiger partial charge in [0.15, 0.2) is 5.78 Å². The van der Waals surface area contributed by atoms with Gasteiger partial charge in [-0.1, -0.05) is 30.3 Å². The molecule has 5 heteroatoms. The van der Waals surface area contributed by atoms with Gasteiger partial charge in [-0.15, -0.1) is 11.3 Å². The molecule has 3 rings (SSSR count). The molecule has 0 spiro atoms. The molecule has 0 aliphatic carbocycles. The second kappa shape index (κ2) is 5.46. The SMILES string of the molecule is O=C(Cc1ccc([N+](=O)[O-])cc1)c1csc2ccccc12. The van der Waals surface area contributed by atoms with Gasteiger partial charge in [0.1, 0.15) is 0 Å². The number of hydrogen-bond donors (Lipinski definition) is 0. The summed E-state index contributed by atoms with van der Waals surface area (Å²) in [6.45, 7) is 0. The number of ketones is 1. The zero-order chi connectivity index (χ0) is 14.8. The van der Waals surface area contributed by atoms with Gasteiger partial charge in [0.25, 0.3) is 5.69 Å². The molecule has 3 aromatic rings. The number of nitro groups is 1. The zero-order valence-corrected chi connectivity index (χ0v) is 11.8. The topological polar surface area (TPSA) is 60.2 Å². The van der Waals surface area contributed by atoms with Gasteiger partial charge >= 0.3 is 0 Å². The van der Waals surface area contributed by atoms with Gasteiger partial charge in [0.2, 0.25) is 0 Å². The van der Waals surface area contributed by atoms with E-state index in [9.17, 15) is 14.9 Å². The lowest BCUT2D eigenvalue weighted by Crippen LogP contribution is -2.02. The van der Waals surface area contributed by atoms with E-state index in [0.29, 0.717) is 5.56 Å². The fourth-order valence-corrected chi connectivity index (χ4v) is 3.18. The van der Waals surface area contributed by atoms with E-state index in [0.717, 1.165) is 15.6 Å². The number of non-ortho nitro benzene ring substituents is 1. The first-order valence-electron chi connectivity index (χ1n) is 6.38. The summed E-state index contributed by atoms with van der Waals surface area (Å²) >= 11 is 1.55. The third kappa shape index (κ3) is 2.68. The van der Waals surface area contributed by atoms with E-state index in [1.54, 1.807) is 23.5 Å².